The molecule has 0 saturated carbocycles. The smallest absolute Gasteiger partial charge is 0.113 e. The molecule has 0 saturated heterocycles. The van der Waals surface area contributed by atoms with E-state index < -0.39 is 0 Å². The highest BCUT2D eigenvalue weighted by atomic mass is 14.8. The van der Waals surface area contributed by atoms with Crippen LogP contribution in [0.3, 0.4) is 0 Å². The maximum absolute atomic E-state index is 8.77. The van der Waals surface area contributed by atoms with Crippen molar-refractivity contribution in [2.75, 3.05) is 5.73 Å². The van der Waals surface area contributed by atoms with Gasteiger partial charge in [-0.2, -0.15) is 5.26 Å². The minimum atomic E-state index is 0.498. The van der Waals surface area contributed by atoms with Crippen molar-refractivity contribution >= 4 is 16.7 Å². The second kappa shape index (κ2) is 2.72. The van der Waals surface area contributed by atoms with Gasteiger partial charge in [0.25, 0.3) is 0 Å². The van der Waals surface area contributed by atoms with Crippen LogP contribution in [0.2, 0.25) is 0 Å². The molecule has 4 heteroatoms. The number of nitrogens with two attached hydrogens (primary N) is 1. The van der Waals surface area contributed by atoms with Crippen LogP contribution in [-0.2, 0) is 0 Å². The summed E-state index contributed by atoms with van der Waals surface area (Å²) < 4.78 is 0. The molecule has 0 atom stereocenters. The van der Waals surface area contributed by atoms with Crippen molar-refractivity contribution < 1.29 is 0 Å². The Labute approximate surface area is 74.6 Å². The Balaban J connectivity index is 2.95. The fourth-order valence-electron chi connectivity index (χ4n) is 1.17. The molecule has 1 aromatic heterocycles. The highest BCUT2D eigenvalue weighted by Gasteiger charge is 2.04. The van der Waals surface area contributed by atoms with Crippen molar-refractivity contribution in [3.05, 3.63) is 30.1 Å². The zero-order valence-electron chi connectivity index (χ0n) is 6.73. The molecular weight excluding hydrogens is 164 g/mol. The minimum absolute atomic E-state index is 0.498. The fraction of sp³-hybridized carbons (Fsp3) is 0. The maximum Gasteiger partial charge on any atom is 0.113 e. The molecule has 4 nitrogen and oxygen atoms in total. The molecule has 0 unspecified atom stereocenters. The zero-order chi connectivity index (χ0) is 9.26. The van der Waals surface area contributed by atoms with Gasteiger partial charge in [0.2, 0.25) is 0 Å². The number of nitrogens with zero attached hydrogens (tertiary/aromatic N) is 3. The van der Waals surface area contributed by atoms with Gasteiger partial charge >= 0.3 is 0 Å². The molecule has 2 N–H and O–H groups in total. The monoisotopic (exact) mass is 170 g/mol. The lowest BCUT2D eigenvalue weighted by Crippen LogP contribution is -1.93. The number of hydrogen-bond donors (Lipinski definition) is 1. The van der Waals surface area contributed by atoms with Gasteiger partial charge in [-0.1, -0.05) is 0 Å². The molecule has 0 bridgehead atoms. The van der Waals surface area contributed by atoms with Gasteiger partial charge in [-0.25, -0.2) is 0 Å². The van der Waals surface area contributed by atoms with Crippen molar-refractivity contribution in [3.63, 3.8) is 0 Å². The average molecular weight is 170 g/mol. The molecule has 0 aliphatic rings. The summed E-state index contributed by atoms with van der Waals surface area (Å²) in [7, 11) is 0. The minimum Gasteiger partial charge on any atom is -0.397 e. The first kappa shape index (κ1) is 7.50. The number of benzene rings is 1. The summed E-state index contributed by atoms with van der Waals surface area (Å²) in [6.07, 6.45) is 3.10. The summed E-state index contributed by atoms with van der Waals surface area (Å²) in [6.45, 7) is 0. The second-order valence-corrected chi connectivity index (χ2v) is 2.57. The van der Waals surface area contributed by atoms with Gasteiger partial charge in [0.15, 0.2) is 0 Å². The van der Waals surface area contributed by atoms with Crippen LogP contribution in [0, 0.1) is 11.3 Å². The van der Waals surface area contributed by atoms with Crippen LogP contribution in [0.4, 0.5) is 5.69 Å². The molecule has 2 rings (SSSR count). The van der Waals surface area contributed by atoms with Crippen molar-refractivity contribution in [2.24, 2.45) is 0 Å². The molecule has 0 amide bonds. The molecule has 1 heterocycles. The van der Waals surface area contributed by atoms with E-state index in [1.54, 1.807) is 24.5 Å². The second-order valence-electron chi connectivity index (χ2n) is 2.57. The molecule has 0 aliphatic heterocycles. The van der Waals surface area contributed by atoms with Gasteiger partial charge in [-0.05, 0) is 12.1 Å². The van der Waals surface area contributed by atoms with Crippen LogP contribution < -0.4 is 5.73 Å². The first-order valence-electron chi connectivity index (χ1n) is 3.72. The van der Waals surface area contributed by atoms with Crippen molar-refractivity contribution in [1.82, 2.24) is 9.97 Å². The van der Waals surface area contributed by atoms with Gasteiger partial charge in [0, 0.05) is 12.4 Å². The van der Waals surface area contributed by atoms with Crippen molar-refractivity contribution in [3.8, 4) is 6.07 Å². The van der Waals surface area contributed by atoms with E-state index in [2.05, 4.69) is 9.97 Å². The van der Waals surface area contributed by atoms with E-state index in [4.69, 9.17) is 11.0 Å². The Morgan fingerprint density at radius 3 is 2.54 bits per heavy atom. The molecular formula is C9H6N4. The molecule has 2 aromatic rings. The summed E-state index contributed by atoms with van der Waals surface area (Å²) in [5, 5.41) is 8.77. The number of hydrogen-bond acceptors (Lipinski definition) is 4. The predicted molar refractivity (Wildman–Crippen MR) is 48.7 cm³/mol. The molecule has 13 heavy (non-hydrogen) atoms. The summed E-state index contributed by atoms with van der Waals surface area (Å²) in [5.41, 5.74) is 7.85. The van der Waals surface area contributed by atoms with Gasteiger partial charge in [0.05, 0.1) is 11.3 Å². The van der Waals surface area contributed by atoms with Gasteiger partial charge in [-0.3, -0.25) is 9.97 Å². The SMILES string of the molecule is N#Cc1ccc(N)c2nccnc12. The highest BCUT2D eigenvalue weighted by Crippen LogP contribution is 2.19. The lowest BCUT2D eigenvalue weighted by molar-refractivity contribution is 1.29. The van der Waals surface area contributed by atoms with Crippen LogP contribution >= 0.6 is 0 Å². The third-order valence-corrected chi connectivity index (χ3v) is 1.78. The van der Waals surface area contributed by atoms with Crippen LogP contribution in [0.5, 0.6) is 0 Å². The van der Waals surface area contributed by atoms with Crippen LogP contribution in [0.1, 0.15) is 5.56 Å². The average Bonchev–Trinajstić information content (AvgIpc) is 2.19. The van der Waals surface area contributed by atoms with E-state index >= 15 is 0 Å². The quantitative estimate of drug-likeness (QED) is 0.600. The van der Waals surface area contributed by atoms with Crippen molar-refractivity contribution in [2.45, 2.75) is 0 Å². The van der Waals surface area contributed by atoms with E-state index in [9.17, 15) is 0 Å². The maximum atomic E-state index is 8.77. The Bertz CT molecular complexity index is 498. The van der Waals surface area contributed by atoms with E-state index in [0.717, 1.165) is 0 Å². The van der Waals surface area contributed by atoms with Crippen LogP contribution in [-0.4, -0.2) is 9.97 Å². The number of nitriles is 1. The predicted octanol–water partition coefficient (Wildman–Crippen LogP) is 1.08. The normalized spacial score (nSPS) is 9.77. The Kier molecular flexibility index (Phi) is 1.57. The lowest BCUT2D eigenvalue weighted by Gasteiger charge is -2.00. The third kappa shape index (κ3) is 1.07. The summed E-state index contributed by atoms with van der Waals surface area (Å²) in [4.78, 5) is 8.10. The van der Waals surface area contributed by atoms with Crippen molar-refractivity contribution in [1.29, 1.82) is 5.26 Å². The van der Waals surface area contributed by atoms with Gasteiger partial charge in [-0.15, -0.1) is 0 Å². The van der Waals surface area contributed by atoms with Gasteiger partial charge < -0.3 is 5.73 Å². The largest absolute Gasteiger partial charge is 0.397 e. The summed E-state index contributed by atoms with van der Waals surface area (Å²) >= 11 is 0. The Morgan fingerprint density at radius 1 is 1.15 bits per heavy atom. The highest BCUT2D eigenvalue weighted by molar-refractivity contribution is 5.90. The first-order valence-corrected chi connectivity index (χ1v) is 3.72. The molecule has 1 aromatic carbocycles. The molecule has 0 aliphatic carbocycles. The number of fused-ring (bicyclic) bond motifs is 1. The fourth-order valence-corrected chi connectivity index (χ4v) is 1.17. The first-order chi connectivity index (χ1) is 6.33. The van der Waals surface area contributed by atoms with Crippen LogP contribution in [0.15, 0.2) is 24.5 Å². The third-order valence-electron chi connectivity index (χ3n) is 1.78. The molecule has 0 spiro atoms. The van der Waals surface area contributed by atoms with E-state index in [1.807, 2.05) is 6.07 Å². The van der Waals surface area contributed by atoms with E-state index in [-0.39, 0.29) is 0 Å². The zero-order valence-corrected chi connectivity index (χ0v) is 6.73. The standard InChI is InChI=1S/C9H6N4/c10-5-6-1-2-7(11)9-8(6)12-3-4-13-9/h1-4H,11H2. The number of anilines is 1. The Morgan fingerprint density at radius 2 is 1.85 bits per heavy atom. The summed E-state index contributed by atoms with van der Waals surface area (Å²) in [6, 6.07) is 5.35. The summed E-state index contributed by atoms with van der Waals surface area (Å²) in [5.74, 6) is 0. The lowest BCUT2D eigenvalue weighted by atomic mass is 10.1. The topological polar surface area (TPSA) is 75.6 Å². The molecule has 0 fully saturated rings. The molecule has 62 valence electrons. The molecule has 0 radical (unpaired) electrons. The van der Waals surface area contributed by atoms with E-state index in [0.29, 0.717) is 22.3 Å². The van der Waals surface area contributed by atoms with E-state index in [1.165, 1.54) is 0 Å². The van der Waals surface area contributed by atoms with Gasteiger partial charge in [0.1, 0.15) is 17.1 Å². The number of nitrogen functional groups attached to an aromatic ring is 1. The van der Waals surface area contributed by atoms with Crippen LogP contribution in [0.25, 0.3) is 11.0 Å². The number of rotatable bonds is 0. The Hall–Kier alpha value is -2.15. The number of aromatic nitrogens is 2.